The van der Waals surface area contributed by atoms with E-state index in [2.05, 4.69) is 29.2 Å². The number of benzene rings is 3. The van der Waals surface area contributed by atoms with Gasteiger partial charge >= 0.3 is 5.97 Å². The van der Waals surface area contributed by atoms with Gasteiger partial charge in [0.1, 0.15) is 6.04 Å². The highest BCUT2D eigenvalue weighted by atomic mass is 35.5. The third-order valence-corrected chi connectivity index (χ3v) is 4.97. The molecule has 0 saturated carbocycles. The van der Waals surface area contributed by atoms with E-state index < -0.39 is 6.04 Å². The lowest BCUT2D eigenvalue weighted by Crippen LogP contribution is -2.42. The fraction of sp³-hybridized carbons (Fsp3) is 0.208. The van der Waals surface area contributed by atoms with Gasteiger partial charge in [-0.1, -0.05) is 84.4 Å². The zero-order valence-corrected chi connectivity index (χ0v) is 16.7. The second kappa shape index (κ2) is 10.1. The minimum absolute atomic E-state index is 0.234. The van der Waals surface area contributed by atoms with Crippen molar-refractivity contribution < 1.29 is 9.53 Å². The third-order valence-electron chi connectivity index (χ3n) is 4.71. The van der Waals surface area contributed by atoms with Crippen molar-refractivity contribution in [3.05, 3.63) is 107 Å². The SMILES string of the molecule is COC(=O)[C@H](Cc1ccc(Cl)cc1)N(Cc1ccccc1)Cc1ccccc1. The zero-order valence-electron chi connectivity index (χ0n) is 15.9. The molecule has 0 amide bonds. The Balaban J connectivity index is 1.89. The third kappa shape index (κ3) is 5.69. The zero-order chi connectivity index (χ0) is 19.8. The quantitative estimate of drug-likeness (QED) is 0.497. The van der Waals surface area contributed by atoms with E-state index in [1.54, 1.807) is 0 Å². The van der Waals surface area contributed by atoms with E-state index in [0.29, 0.717) is 24.5 Å². The van der Waals surface area contributed by atoms with Gasteiger partial charge in [0.2, 0.25) is 0 Å². The molecular formula is C24H24ClNO2. The molecule has 0 heterocycles. The minimum Gasteiger partial charge on any atom is -0.468 e. The van der Waals surface area contributed by atoms with Gasteiger partial charge in [-0.25, -0.2) is 0 Å². The molecule has 0 aliphatic carbocycles. The fourth-order valence-electron chi connectivity index (χ4n) is 3.25. The monoisotopic (exact) mass is 393 g/mol. The van der Waals surface area contributed by atoms with E-state index in [-0.39, 0.29) is 5.97 Å². The summed E-state index contributed by atoms with van der Waals surface area (Å²) in [5, 5.41) is 0.684. The topological polar surface area (TPSA) is 29.5 Å². The van der Waals surface area contributed by atoms with Crippen LogP contribution in [0.1, 0.15) is 16.7 Å². The van der Waals surface area contributed by atoms with E-state index in [4.69, 9.17) is 16.3 Å². The Morgan fingerprint density at radius 1 is 0.821 bits per heavy atom. The van der Waals surface area contributed by atoms with Crippen LogP contribution in [0.4, 0.5) is 0 Å². The number of rotatable bonds is 8. The second-order valence-electron chi connectivity index (χ2n) is 6.75. The Kier molecular flexibility index (Phi) is 7.24. The molecule has 4 heteroatoms. The standard InChI is InChI=1S/C24H24ClNO2/c1-28-24(27)23(16-19-12-14-22(25)15-13-19)26(17-20-8-4-2-5-9-20)18-21-10-6-3-7-11-21/h2-15,23H,16-18H2,1H3/t23-/m0/s1. The van der Waals surface area contributed by atoms with Crippen LogP contribution < -0.4 is 0 Å². The maximum Gasteiger partial charge on any atom is 0.323 e. The molecule has 144 valence electrons. The molecule has 3 rings (SSSR count). The highest BCUT2D eigenvalue weighted by molar-refractivity contribution is 6.30. The largest absolute Gasteiger partial charge is 0.468 e. The van der Waals surface area contributed by atoms with Gasteiger partial charge in [-0.05, 0) is 35.2 Å². The van der Waals surface area contributed by atoms with Gasteiger partial charge in [0, 0.05) is 18.1 Å². The van der Waals surface area contributed by atoms with E-state index in [1.807, 2.05) is 60.7 Å². The Hall–Kier alpha value is -2.62. The molecule has 1 atom stereocenters. The number of hydrogen-bond acceptors (Lipinski definition) is 3. The first-order valence-corrected chi connectivity index (χ1v) is 9.67. The Bertz CT molecular complexity index is 825. The number of carbonyl (C=O) groups is 1. The number of esters is 1. The van der Waals surface area contributed by atoms with Crippen molar-refractivity contribution in [1.29, 1.82) is 0 Å². The molecule has 0 unspecified atom stereocenters. The Morgan fingerprint density at radius 2 is 1.32 bits per heavy atom. The summed E-state index contributed by atoms with van der Waals surface area (Å²) in [6.45, 7) is 1.31. The van der Waals surface area contributed by atoms with E-state index in [1.165, 1.54) is 7.11 Å². The molecule has 0 radical (unpaired) electrons. The number of methoxy groups -OCH3 is 1. The first-order valence-electron chi connectivity index (χ1n) is 9.30. The van der Waals surface area contributed by atoms with Crippen molar-refractivity contribution in [3.8, 4) is 0 Å². The van der Waals surface area contributed by atoms with Crippen molar-refractivity contribution in [1.82, 2.24) is 4.90 Å². The molecule has 0 N–H and O–H groups in total. The summed E-state index contributed by atoms with van der Waals surface area (Å²) < 4.78 is 5.16. The summed E-state index contributed by atoms with van der Waals surface area (Å²) in [4.78, 5) is 14.9. The van der Waals surface area contributed by atoms with Crippen LogP contribution in [0.15, 0.2) is 84.9 Å². The molecule has 28 heavy (non-hydrogen) atoms. The van der Waals surface area contributed by atoms with Crippen LogP contribution in [0.3, 0.4) is 0 Å². The molecule has 3 nitrogen and oxygen atoms in total. The van der Waals surface area contributed by atoms with E-state index >= 15 is 0 Å². The Labute approximate surface area is 171 Å². The molecule has 0 fully saturated rings. The molecule has 0 aliphatic rings. The lowest BCUT2D eigenvalue weighted by atomic mass is 10.0. The summed E-state index contributed by atoms with van der Waals surface area (Å²) in [5.41, 5.74) is 3.36. The van der Waals surface area contributed by atoms with Gasteiger partial charge in [0.05, 0.1) is 7.11 Å². The molecule has 3 aromatic carbocycles. The van der Waals surface area contributed by atoms with Gasteiger partial charge in [0.15, 0.2) is 0 Å². The van der Waals surface area contributed by atoms with Gasteiger partial charge in [0.25, 0.3) is 0 Å². The van der Waals surface area contributed by atoms with Crippen LogP contribution >= 0.6 is 11.6 Å². The minimum atomic E-state index is -0.397. The van der Waals surface area contributed by atoms with Gasteiger partial charge in [-0.3, -0.25) is 9.69 Å². The molecule has 3 aromatic rings. The highest BCUT2D eigenvalue weighted by Crippen LogP contribution is 2.19. The smallest absolute Gasteiger partial charge is 0.323 e. The van der Waals surface area contributed by atoms with E-state index in [0.717, 1.165) is 16.7 Å². The van der Waals surface area contributed by atoms with Crippen molar-refractivity contribution in [2.45, 2.75) is 25.6 Å². The number of carbonyl (C=O) groups excluding carboxylic acids is 1. The van der Waals surface area contributed by atoms with Crippen LogP contribution in [0, 0.1) is 0 Å². The van der Waals surface area contributed by atoms with Crippen molar-refractivity contribution in [2.75, 3.05) is 7.11 Å². The summed E-state index contributed by atoms with van der Waals surface area (Å²) in [6.07, 6.45) is 0.559. The first kappa shape index (κ1) is 20.1. The fourth-order valence-corrected chi connectivity index (χ4v) is 3.38. The molecular weight excluding hydrogens is 370 g/mol. The predicted octanol–water partition coefficient (Wildman–Crippen LogP) is 5.13. The first-order chi connectivity index (χ1) is 13.7. The molecule has 0 aromatic heterocycles. The lowest BCUT2D eigenvalue weighted by molar-refractivity contribution is -0.147. The molecule has 0 bridgehead atoms. The molecule has 0 saturated heterocycles. The van der Waals surface area contributed by atoms with Crippen molar-refractivity contribution >= 4 is 17.6 Å². The average molecular weight is 394 g/mol. The number of ether oxygens (including phenoxy) is 1. The summed E-state index contributed by atoms with van der Waals surface area (Å²) in [6, 6.07) is 27.6. The summed E-state index contributed by atoms with van der Waals surface area (Å²) in [7, 11) is 1.44. The maximum absolute atomic E-state index is 12.7. The average Bonchev–Trinajstić information content (AvgIpc) is 2.74. The number of hydrogen-bond donors (Lipinski definition) is 0. The highest BCUT2D eigenvalue weighted by Gasteiger charge is 2.27. The van der Waals surface area contributed by atoms with E-state index in [9.17, 15) is 4.79 Å². The van der Waals surface area contributed by atoms with Crippen LogP contribution in [0.5, 0.6) is 0 Å². The number of nitrogens with zero attached hydrogens (tertiary/aromatic N) is 1. The predicted molar refractivity (Wildman–Crippen MR) is 113 cm³/mol. The normalized spacial score (nSPS) is 12.0. The van der Waals surface area contributed by atoms with Crippen LogP contribution in [-0.4, -0.2) is 24.0 Å². The van der Waals surface area contributed by atoms with Crippen molar-refractivity contribution in [2.24, 2.45) is 0 Å². The number of halogens is 1. The summed E-state index contributed by atoms with van der Waals surface area (Å²) in [5.74, 6) is -0.234. The van der Waals surface area contributed by atoms with Gasteiger partial charge in [-0.2, -0.15) is 0 Å². The second-order valence-corrected chi connectivity index (χ2v) is 7.18. The van der Waals surface area contributed by atoms with Gasteiger partial charge in [-0.15, -0.1) is 0 Å². The lowest BCUT2D eigenvalue weighted by Gasteiger charge is -2.30. The Morgan fingerprint density at radius 3 is 1.79 bits per heavy atom. The summed E-state index contributed by atoms with van der Waals surface area (Å²) >= 11 is 6.01. The van der Waals surface area contributed by atoms with Crippen molar-refractivity contribution in [3.63, 3.8) is 0 Å². The van der Waals surface area contributed by atoms with Crippen LogP contribution in [0.25, 0.3) is 0 Å². The van der Waals surface area contributed by atoms with Crippen LogP contribution in [-0.2, 0) is 29.0 Å². The maximum atomic E-state index is 12.7. The van der Waals surface area contributed by atoms with Gasteiger partial charge < -0.3 is 4.74 Å². The van der Waals surface area contributed by atoms with Crippen LogP contribution in [0.2, 0.25) is 5.02 Å². The molecule has 0 aliphatic heterocycles. The molecule has 0 spiro atoms.